The third-order valence-electron chi connectivity index (χ3n) is 6.43. The second-order valence-electron chi connectivity index (χ2n) is 9.00. The fourth-order valence-corrected chi connectivity index (χ4v) is 5.63. The normalized spacial score (nSPS) is 11.7. The predicted molar refractivity (Wildman–Crippen MR) is 143 cm³/mol. The number of aromatic nitrogens is 5. The van der Waals surface area contributed by atoms with Crippen molar-refractivity contribution in [3.8, 4) is 11.3 Å². The van der Waals surface area contributed by atoms with Crippen LogP contribution in [0.5, 0.6) is 0 Å². The van der Waals surface area contributed by atoms with E-state index in [1.807, 2.05) is 10.7 Å². The van der Waals surface area contributed by atoms with Gasteiger partial charge in [-0.05, 0) is 25.0 Å². The number of thiazole rings is 1. The van der Waals surface area contributed by atoms with Gasteiger partial charge in [0.15, 0.2) is 4.96 Å². The van der Waals surface area contributed by atoms with Crippen molar-refractivity contribution in [1.29, 1.82) is 0 Å². The summed E-state index contributed by atoms with van der Waals surface area (Å²) in [7, 11) is 0. The zero-order chi connectivity index (χ0) is 23.7. The lowest BCUT2D eigenvalue weighted by Crippen LogP contribution is -2.00. The van der Waals surface area contributed by atoms with E-state index >= 15 is 0 Å². The molecule has 0 bridgehead atoms. The molecule has 3 heterocycles. The molecule has 35 heavy (non-hydrogen) atoms. The monoisotopic (exact) mass is 487 g/mol. The number of fused-ring (bicyclic) bond motifs is 3. The van der Waals surface area contributed by atoms with Crippen LogP contribution in [0.4, 0.5) is 0 Å². The third kappa shape index (κ3) is 5.97. The van der Waals surface area contributed by atoms with E-state index < -0.39 is 0 Å². The minimum atomic E-state index is 0.581. The van der Waals surface area contributed by atoms with Crippen molar-refractivity contribution in [3.05, 3.63) is 72.9 Å². The minimum absolute atomic E-state index is 0.581. The van der Waals surface area contributed by atoms with E-state index in [-0.39, 0.29) is 0 Å². The van der Waals surface area contributed by atoms with Gasteiger partial charge in [-0.25, -0.2) is 9.97 Å². The van der Waals surface area contributed by atoms with Gasteiger partial charge < -0.3 is 4.74 Å². The summed E-state index contributed by atoms with van der Waals surface area (Å²) in [5.74, 6) is 0. The number of ether oxygens (including phenoxy) is 1. The number of nitrogens with zero attached hydrogens (tertiary/aromatic N) is 5. The van der Waals surface area contributed by atoms with Crippen molar-refractivity contribution < 1.29 is 4.74 Å². The number of para-hydroxylation sites is 1. The van der Waals surface area contributed by atoms with E-state index in [4.69, 9.17) is 9.72 Å². The predicted octanol–water partition coefficient (Wildman–Crippen LogP) is 7.15. The second-order valence-corrected chi connectivity index (χ2v) is 10.0. The lowest BCUT2D eigenvalue weighted by atomic mass is 10.1. The topological polar surface area (TPSA) is 57.2 Å². The molecule has 5 rings (SSSR count). The maximum atomic E-state index is 6.19. The van der Waals surface area contributed by atoms with Crippen LogP contribution in [0.25, 0.3) is 26.4 Å². The van der Waals surface area contributed by atoms with Gasteiger partial charge in [-0.3, -0.25) is 9.08 Å². The first-order valence-electron chi connectivity index (χ1n) is 12.7. The van der Waals surface area contributed by atoms with Crippen LogP contribution in [0, 0.1) is 0 Å². The highest BCUT2D eigenvalue weighted by Gasteiger charge is 2.18. The number of hydrogen-bond acceptors (Lipinski definition) is 5. The molecule has 0 radical (unpaired) electrons. The van der Waals surface area contributed by atoms with Gasteiger partial charge in [-0.2, -0.15) is 5.10 Å². The number of imidazole rings is 1. The van der Waals surface area contributed by atoms with E-state index in [1.165, 1.54) is 55.2 Å². The Morgan fingerprint density at radius 2 is 1.54 bits per heavy atom. The molecule has 5 aromatic rings. The van der Waals surface area contributed by atoms with Gasteiger partial charge in [0.1, 0.15) is 12.7 Å². The zero-order valence-electron chi connectivity index (χ0n) is 20.2. The highest BCUT2D eigenvalue weighted by molar-refractivity contribution is 7.23. The van der Waals surface area contributed by atoms with Crippen LogP contribution in [0.1, 0.15) is 57.1 Å². The quantitative estimate of drug-likeness (QED) is 0.156. The molecule has 0 unspecified atom stereocenters. The van der Waals surface area contributed by atoms with Crippen molar-refractivity contribution >= 4 is 26.5 Å². The van der Waals surface area contributed by atoms with Crippen LogP contribution in [0.15, 0.2) is 67.3 Å². The molecular formula is C28H33N5OS. The summed E-state index contributed by atoms with van der Waals surface area (Å²) in [4.78, 5) is 10.0. The van der Waals surface area contributed by atoms with E-state index in [0.717, 1.165) is 41.5 Å². The summed E-state index contributed by atoms with van der Waals surface area (Å²) in [6.45, 7) is 2.35. The molecular weight excluding hydrogens is 454 g/mol. The van der Waals surface area contributed by atoms with E-state index in [9.17, 15) is 0 Å². The lowest BCUT2D eigenvalue weighted by molar-refractivity contribution is 0.114. The van der Waals surface area contributed by atoms with Crippen LogP contribution < -0.4 is 0 Å². The summed E-state index contributed by atoms with van der Waals surface area (Å²) >= 11 is 1.74. The molecule has 0 aliphatic heterocycles. The fraction of sp³-hybridized carbons (Fsp3) is 0.393. The number of unbranched alkanes of at least 4 members (excludes halogenated alkanes) is 7. The Morgan fingerprint density at radius 1 is 0.800 bits per heavy atom. The first-order chi connectivity index (χ1) is 17.4. The summed E-state index contributed by atoms with van der Waals surface area (Å²) in [6.07, 6.45) is 13.4. The van der Waals surface area contributed by atoms with E-state index in [1.54, 1.807) is 24.0 Å². The average Bonchev–Trinajstić information content (AvgIpc) is 3.61. The molecule has 0 aliphatic carbocycles. The molecule has 0 atom stereocenters. The Kier molecular flexibility index (Phi) is 8.19. The van der Waals surface area contributed by atoms with Crippen LogP contribution in [0.3, 0.4) is 0 Å². The second kappa shape index (κ2) is 12.1. The standard InChI is InChI=1S/C28H33N5OS/c1(3-5-12-18-32-22-29-21-30-32)2-4-6-13-19-34-20-25-27(23-14-8-7-9-15-23)31-28-33(25)24-16-10-11-17-26(24)35-28/h7-11,14-17,21-22H,1-6,12-13,18-20H2. The maximum absolute atomic E-state index is 6.19. The van der Waals surface area contributed by atoms with Gasteiger partial charge >= 0.3 is 0 Å². The van der Waals surface area contributed by atoms with E-state index in [0.29, 0.717) is 6.61 Å². The van der Waals surface area contributed by atoms with E-state index in [2.05, 4.69) is 63.0 Å². The molecule has 7 heteroatoms. The molecule has 3 aromatic heterocycles. The smallest absolute Gasteiger partial charge is 0.195 e. The van der Waals surface area contributed by atoms with Gasteiger partial charge in [0, 0.05) is 18.7 Å². The van der Waals surface area contributed by atoms with Crippen LogP contribution in [0.2, 0.25) is 0 Å². The van der Waals surface area contributed by atoms with Crippen LogP contribution in [-0.4, -0.2) is 30.8 Å². The molecule has 0 fully saturated rings. The molecule has 0 saturated heterocycles. The van der Waals surface area contributed by atoms with Crippen LogP contribution >= 0.6 is 11.3 Å². The SMILES string of the molecule is c1ccc(-c2nc3sc4ccccc4n3c2COCCCCCCCCCCn2cncn2)cc1. The van der Waals surface area contributed by atoms with Crippen molar-refractivity contribution in [2.75, 3.05) is 6.61 Å². The zero-order valence-corrected chi connectivity index (χ0v) is 21.0. The molecule has 6 nitrogen and oxygen atoms in total. The first kappa shape index (κ1) is 23.7. The number of rotatable bonds is 14. The molecule has 2 aromatic carbocycles. The van der Waals surface area contributed by atoms with Crippen molar-refractivity contribution in [2.45, 2.75) is 64.5 Å². The van der Waals surface area contributed by atoms with Gasteiger partial charge in [0.05, 0.1) is 28.2 Å². The minimum Gasteiger partial charge on any atom is -0.375 e. The summed E-state index contributed by atoms with van der Waals surface area (Å²) in [5, 5.41) is 4.15. The Morgan fingerprint density at radius 3 is 2.34 bits per heavy atom. The maximum Gasteiger partial charge on any atom is 0.195 e. The Labute approximate surface area is 210 Å². The summed E-state index contributed by atoms with van der Waals surface area (Å²) < 4.78 is 11.6. The summed E-state index contributed by atoms with van der Waals surface area (Å²) in [5.41, 5.74) is 4.54. The molecule has 182 valence electrons. The number of aryl methyl sites for hydroxylation is 1. The van der Waals surface area contributed by atoms with Crippen LogP contribution in [-0.2, 0) is 17.9 Å². The highest BCUT2D eigenvalue weighted by atomic mass is 32.1. The Balaban J connectivity index is 1.07. The van der Waals surface area contributed by atoms with Crippen molar-refractivity contribution in [3.63, 3.8) is 0 Å². The largest absolute Gasteiger partial charge is 0.375 e. The van der Waals surface area contributed by atoms with Crippen molar-refractivity contribution in [1.82, 2.24) is 24.1 Å². The number of benzene rings is 2. The van der Waals surface area contributed by atoms with Crippen molar-refractivity contribution in [2.24, 2.45) is 0 Å². The highest BCUT2D eigenvalue weighted by Crippen LogP contribution is 2.33. The molecule has 0 aliphatic rings. The van der Waals surface area contributed by atoms with Gasteiger partial charge in [0.2, 0.25) is 0 Å². The van der Waals surface area contributed by atoms with Gasteiger partial charge in [-0.15, -0.1) is 0 Å². The molecule has 0 spiro atoms. The van der Waals surface area contributed by atoms with Gasteiger partial charge in [-0.1, -0.05) is 92.3 Å². The Bertz CT molecular complexity index is 1310. The Hall–Kier alpha value is -3.03. The average molecular weight is 488 g/mol. The van der Waals surface area contributed by atoms with Gasteiger partial charge in [0.25, 0.3) is 0 Å². The third-order valence-corrected chi connectivity index (χ3v) is 7.45. The molecule has 0 amide bonds. The number of hydrogen-bond donors (Lipinski definition) is 0. The molecule has 0 N–H and O–H groups in total. The molecule has 0 saturated carbocycles. The summed E-state index contributed by atoms with van der Waals surface area (Å²) in [6, 6.07) is 19.0. The first-order valence-corrected chi connectivity index (χ1v) is 13.6. The lowest BCUT2D eigenvalue weighted by Gasteiger charge is -2.08. The fourth-order valence-electron chi connectivity index (χ4n) is 4.59.